The second-order valence-electron chi connectivity index (χ2n) is 5.24. The van der Waals surface area contributed by atoms with Crippen LogP contribution in [-0.4, -0.2) is 46.9 Å². The molecule has 0 radical (unpaired) electrons. The number of carbonyl (C=O) groups is 1. The Bertz CT molecular complexity index is 890. The van der Waals surface area contributed by atoms with Crippen molar-refractivity contribution >= 4 is 26.6 Å². The van der Waals surface area contributed by atoms with Crippen molar-refractivity contribution in [3.8, 4) is 0 Å². The quantitative estimate of drug-likeness (QED) is 0.783. The number of nitrogens with zero attached hydrogens (tertiary/aromatic N) is 3. The summed E-state index contributed by atoms with van der Waals surface area (Å²) in [6.45, 7) is -0.285. The molecule has 1 aromatic carbocycles. The SMILES string of the molecule is O=C(Cn1nnc2ccccc2c1=O)N[C@H]1CCS(=O)(=O)C1. The van der Waals surface area contributed by atoms with Crippen molar-refractivity contribution in [2.75, 3.05) is 11.5 Å². The number of aromatic nitrogens is 3. The Labute approximate surface area is 126 Å². The average Bonchev–Trinajstić information content (AvgIpc) is 2.81. The van der Waals surface area contributed by atoms with Crippen molar-refractivity contribution in [2.45, 2.75) is 19.0 Å². The van der Waals surface area contributed by atoms with Crippen LogP contribution in [0.25, 0.3) is 10.9 Å². The molecule has 2 heterocycles. The highest BCUT2D eigenvalue weighted by Crippen LogP contribution is 2.11. The summed E-state index contributed by atoms with van der Waals surface area (Å²) in [6.07, 6.45) is 0.395. The van der Waals surface area contributed by atoms with E-state index in [-0.39, 0.29) is 18.1 Å². The molecule has 1 saturated heterocycles. The standard InChI is InChI=1S/C13H14N4O4S/c18-12(14-9-5-6-22(20,21)8-9)7-17-13(19)10-3-1-2-4-11(10)15-16-17/h1-4,9H,5-8H2,(H,14,18)/t9-/m0/s1. The van der Waals surface area contributed by atoms with Crippen LogP contribution in [0.1, 0.15) is 6.42 Å². The monoisotopic (exact) mass is 322 g/mol. The first-order valence-corrected chi connectivity index (χ1v) is 8.59. The van der Waals surface area contributed by atoms with Gasteiger partial charge < -0.3 is 5.32 Å². The van der Waals surface area contributed by atoms with Crippen LogP contribution in [0.15, 0.2) is 29.1 Å². The number of hydrogen-bond acceptors (Lipinski definition) is 6. The fourth-order valence-corrected chi connectivity index (χ4v) is 4.12. The number of carbonyl (C=O) groups excluding carboxylic acids is 1. The third kappa shape index (κ3) is 2.98. The Morgan fingerprint density at radius 2 is 2.14 bits per heavy atom. The Hall–Kier alpha value is -2.29. The van der Waals surface area contributed by atoms with E-state index in [0.29, 0.717) is 17.3 Å². The van der Waals surface area contributed by atoms with Gasteiger partial charge in [-0.3, -0.25) is 9.59 Å². The van der Waals surface area contributed by atoms with E-state index in [1.54, 1.807) is 24.3 Å². The molecular formula is C13H14N4O4S. The minimum absolute atomic E-state index is 0.0585. The van der Waals surface area contributed by atoms with E-state index in [0.717, 1.165) is 4.68 Å². The van der Waals surface area contributed by atoms with Crippen molar-refractivity contribution in [2.24, 2.45) is 0 Å². The van der Waals surface area contributed by atoms with Gasteiger partial charge in [-0.25, -0.2) is 13.1 Å². The lowest BCUT2D eigenvalue weighted by molar-refractivity contribution is -0.122. The lowest BCUT2D eigenvalue weighted by Gasteiger charge is -2.11. The number of sulfone groups is 1. The molecular weight excluding hydrogens is 308 g/mol. The van der Waals surface area contributed by atoms with Crippen molar-refractivity contribution in [3.63, 3.8) is 0 Å². The maximum absolute atomic E-state index is 12.2. The van der Waals surface area contributed by atoms with Crippen LogP contribution in [0.2, 0.25) is 0 Å². The van der Waals surface area contributed by atoms with Gasteiger partial charge in [0.15, 0.2) is 9.84 Å². The topological polar surface area (TPSA) is 111 Å². The first-order valence-electron chi connectivity index (χ1n) is 6.77. The number of hydrogen-bond donors (Lipinski definition) is 1. The molecule has 22 heavy (non-hydrogen) atoms. The fourth-order valence-electron chi connectivity index (χ4n) is 2.45. The summed E-state index contributed by atoms with van der Waals surface area (Å²) in [5.74, 6) is -0.432. The van der Waals surface area contributed by atoms with Gasteiger partial charge in [-0.05, 0) is 18.6 Å². The van der Waals surface area contributed by atoms with Crippen LogP contribution in [0.5, 0.6) is 0 Å². The Kier molecular flexibility index (Phi) is 3.65. The summed E-state index contributed by atoms with van der Waals surface area (Å²) >= 11 is 0. The fraction of sp³-hybridized carbons (Fsp3) is 0.385. The number of rotatable bonds is 3. The average molecular weight is 322 g/mol. The van der Waals surface area contributed by atoms with Crippen LogP contribution in [0.3, 0.4) is 0 Å². The molecule has 0 saturated carbocycles. The number of fused-ring (bicyclic) bond motifs is 1. The minimum Gasteiger partial charge on any atom is -0.351 e. The molecule has 0 spiro atoms. The number of nitrogens with one attached hydrogen (secondary N) is 1. The first-order chi connectivity index (χ1) is 10.4. The Morgan fingerprint density at radius 3 is 2.86 bits per heavy atom. The van der Waals surface area contributed by atoms with Gasteiger partial charge in [0.05, 0.1) is 16.9 Å². The van der Waals surface area contributed by atoms with Gasteiger partial charge in [-0.1, -0.05) is 17.3 Å². The van der Waals surface area contributed by atoms with Gasteiger partial charge in [0.25, 0.3) is 5.56 Å². The van der Waals surface area contributed by atoms with Crippen LogP contribution < -0.4 is 10.9 Å². The molecule has 3 rings (SSSR count). The lowest BCUT2D eigenvalue weighted by Crippen LogP contribution is -2.40. The van der Waals surface area contributed by atoms with Gasteiger partial charge in [0, 0.05) is 6.04 Å². The van der Waals surface area contributed by atoms with E-state index < -0.39 is 27.3 Å². The highest BCUT2D eigenvalue weighted by atomic mass is 32.2. The summed E-state index contributed by atoms with van der Waals surface area (Å²) in [6, 6.07) is 6.33. The molecule has 0 bridgehead atoms. The molecule has 1 aromatic heterocycles. The maximum Gasteiger partial charge on any atom is 0.278 e. The van der Waals surface area contributed by atoms with Crippen molar-refractivity contribution < 1.29 is 13.2 Å². The number of amides is 1. The zero-order chi connectivity index (χ0) is 15.7. The van der Waals surface area contributed by atoms with E-state index in [2.05, 4.69) is 15.6 Å². The third-order valence-electron chi connectivity index (χ3n) is 3.52. The van der Waals surface area contributed by atoms with Crippen LogP contribution >= 0.6 is 0 Å². The second-order valence-corrected chi connectivity index (χ2v) is 7.47. The molecule has 1 aliphatic rings. The van der Waals surface area contributed by atoms with Gasteiger partial charge in [0.1, 0.15) is 12.1 Å². The highest BCUT2D eigenvalue weighted by Gasteiger charge is 2.29. The van der Waals surface area contributed by atoms with Crippen LogP contribution in [-0.2, 0) is 21.2 Å². The van der Waals surface area contributed by atoms with Gasteiger partial charge in [-0.15, -0.1) is 5.10 Å². The summed E-state index contributed by atoms with van der Waals surface area (Å²) in [5, 5.41) is 10.6. The molecule has 1 amide bonds. The van der Waals surface area contributed by atoms with Crippen molar-refractivity contribution in [1.82, 2.24) is 20.3 Å². The third-order valence-corrected chi connectivity index (χ3v) is 5.29. The van der Waals surface area contributed by atoms with E-state index in [1.165, 1.54) is 0 Å². The Morgan fingerprint density at radius 1 is 1.36 bits per heavy atom. The molecule has 9 heteroatoms. The summed E-state index contributed by atoms with van der Waals surface area (Å²) in [7, 11) is -3.06. The van der Waals surface area contributed by atoms with E-state index in [1.807, 2.05) is 0 Å². The molecule has 1 atom stereocenters. The molecule has 1 N–H and O–H groups in total. The minimum atomic E-state index is -3.06. The Balaban J connectivity index is 1.75. The van der Waals surface area contributed by atoms with Crippen molar-refractivity contribution in [3.05, 3.63) is 34.6 Å². The predicted molar refractivity (Wildman–Crippen MR) is 79.0 cm³/mol. The second kappa shape index (κ2) is 5.48. The van der Waals surface area contributed by atoms with Gasteiger partial charge in [-0.2, -0.15) is 0 Å². The zero-order valence-electron chi connectivity index (χ0n) is 11.6. The smallest absolute Gasteiger partial charge is 0.278 e. The molecule has 0 unspecified atom stereocenters. The summed E-state index contributed by atoms with van der Waals surface area (Å²) < 4.78 is 23.7. The zero-order valence-corrected chi connectivity index (χ0v) is 12.4. The van der Waals surface area contributed by atoms with Gasteiger partial charge >= 0.3 is 0 Å². The first kappa shape index (κ1) is 14.6. The lowest BCUT2D eigenvalue weighted by atomic mass is 10.2. The highest BCUT2D eigenvalue weighted by molar-refractivity contribution is 7.91. The molecule has 2 aromatic rings. The molecule has 1 aliphatic heterocycles. The maximum atomic E-state index is 12.2. The molecule has 8 nitrogen and oxygen atoms in total. The van der Waals surface area contributed by atoms with Crippen LogP contribution in [0, 0.1) is 0 Å². The predicted octanol–water partition coefficient (Wildman–Crippen LogP) is -0.905. The normalized spacial score (nSPS) is 20.1. The molecule has 0 aliphatic carbocycles. The van der Waals surface area contributed by atoms with Gasteiger partial charge in [0.2, 0.25) is 5.91 Å². The summed E-state index contributed by atoms with van der Waals surface area (Å²) in [5.41, 5.74) is 0.0610. The largest absolute Gasteiger partial charge is 0.351 e. The molecule has 116 valence electrons. The van der Waals surface area contributed by atoms with Crippen molar-refractivity contribution in [1.29, 1.82) is 0 Å². The van der Waals surface area contributed by atoms with E-state index in [4.69, 9.17) is 0 Å². The molecule has 1 fully saturated rings. The van der Waals surface area contributed by atoms with E-state index in [9.17, 15) is 18.0 Å². The van der Waals surface area contributed by atoms with Crippen LogP contribution in [0.4, 0.5) is 0 Å². The summed E-state index contributed by atoms with van der Waals surface area (Å²) in [4.78, 5) is 24.1. The number of benzene rings is 1. The van der Waals surface area contributed by atoms with E-state index >= 15 is 0 Å².